The van der Waals surface area contributed by atoms with Crippen LogP contribution in [0.25, 0.3) is 0 Å². The number of hydrogen-bond donors (Lipinski definition) is 2. The molecule has 0 aliphatic carbocycles. The van der Waals surface area contributed by atoms with Gasteiger partial charge in [-0.15, -0.1) is 0 Å². The molecule has 0 bridgehead atoms. The van der Waals surface area contributed by atoms with E-state index in [4.69, 9.17) is 0 Å². The van der Waals surface area contributed by atoms with E-state index >= 15 is 0 Å². The number of hydrogen-bond acceptors (Lipinski definition) is 4. The summed E-state index contributed by atoms with van der Waals surface area (Å²) in [5.41, 5.74) is 2.73. The third-order valence-corrected chi connectivity index (χ3v) is 2.88. The van der Waals surface area contributed by atoms with Crippen molar-refractivity contribution in [2.45, 2.75) is 33.4 Å². The summed E-state index contributed by atoms with van der Waals surface area (Å²) < 4.78 is 0. The standard InChI is InChI=1S/C16H20N4O/c1-11(2)19-15(21)14-8-9-17-16(20-14)18-10-13-6-4-12(3)5-7-13/h4-9,11H,10H2,1-3H3,(H,19,21)(H,17,18,20). The number of amides is 1. The van der Waals surface area contributed by atoms with Gasteiger partial charge >= 0.3 is 0 Å². The van der Waals surface area contributed by atoms with Gasteiger partial charge in [-0.25, -0.2) is 9.97 Å². The predicted octanol–water partition coefficient (Wildman–Crippen LogP) is 2.54. The highest BCUT2D eigenvalue weighted by Gasteiger charge is 2.09. The Labute approximate surface area is 124 Å². The molecule has 1 aromatic heterocycles. The molecule has 2 N–H and O–H groups in total. The maximum atomic E-state index is 11.9. The first kappa shape index (κ1) is 15.0. The molecule has 21 heavy (non-hydrogen) atoms. The number of rotatable bonds is 5. The lowest BCUT2D eigenvalue weighted by Gasteiger charge is -2.09. The fraction of sp³-hybridized carbons (Fsp3) is 0.312. The van der Waals surface area contributed by atoms with E-state index in [-0.39, 0.29) is 11.9 Å². The van der Waals surface area contributed by atoms with Crippen LogP contribution in [0.2, 0.25) is 0 Å². The molecule has 0 fully saturated rings. The highest BCUT2D eigenvalue weighted by atomic mass is 16.1. The van der Waals surface area contributed by atoms with Gasteiger partial charge in [-0.3, -0.25) is 4.79 Å². The van der Waals surface area contributed by atoms with Crippen molar-refractivity contribution in [2.24, 2.45) is 0 Å². The molecule has 110 valence electrons. The maximum absolute atomic E-state index is 11.9. The first-order valence-electron chi connectivity index (χ1n) is 6.98. The monoisotopic (exact) mass is 284 g/mol. The van der Waals surface area contributed by atoms with Gasteiger partial charge < -0.3 is 10.6 Å². The van der Waals surface area contributed by atoms with Crippen LogP contribution in [-0.2, 0) is 6.54 Å². The van der Waals surface area contributed by atoms with Crippen molar-refractivity contribution in [1.82, 2.24) is 15.3 Å². The van der Waals surface area contributed by atoms with E-state index in [1.54, 1.807) is 12.3 Å². The lowest BCUT2D eigenvalue weighted by molar-refractivity contribution is 0.0938. The highest BCUT2D eigenvalue weighted by Crippen LogP contribution is 2.06. The quantitative estimate of drug-likeness (QED) is 0.885. The molecule has 0 saturated heterocycles. The molecule has 1 aromatic carbocycles. The molecule has 2 aromatic rings. The smallest absolute Gasteiger partial charge is 0.270 e. The van der Waals surface area contributed by atoms with Crippen LogP contribution < -0.4 is 10.6 Å². The van der Waals surface area contributed by atoms with Crippen LogP contribution in [0.1, 0.15) is 35.5 Å². The Morgan fingerprint density at radius 2 is 1.90 bits per heavy atom. The molecule has 2 rings (SSSR count). The van der Waals surface area contributed by atoms with E-state index in [9.17, 15) is 4.79 Å². The van der Waals surface area contributed by atoms with Crippen molar-refractivity contribution in [3.05, 3.63) is 53.3 Å². The Bertz CT molecular complexity index is 608. The zero-order valence-electron chi connectivity index (χ0n) is 12.6. The van der Waals surface area contributed by atoms with E-state index < -0.39 is 0 Å². The van der Waals surface area contributed by atoms with Crippen molar-refractivity contribution in [1.29, 1.82) is 0 Å². The Hall–Kier alpha value is -2.43. The predicted molar refractivity (Wildman–Crippen MR) is 83.1 cm³/mol. The van der Waals surface area contributed by atoms with E-state index in [0.29, 0.717) is 18.2 Å². The summed E-state index contributed by atoms with van der Waals surface area (Å²) in [6.07, 6.45) is 1.58. The molecule has 0 aliphatic rings. The van der Waals surface area contributed by atoms with Gasteiger partial charge in [0.15, 0.2) is 0 Å². The number of nitrogens with one attached hydrogen (secondary N) is 2. The van der Waals surface area contributed by atoms with Gasteiger partial charge in [-0.2, -0.15) is 0 Å². The Kier molecular flexibility index (Phi) is 4.87. The summed E-state index contributed by atoms with van der Waals surface area (Å²) in [5.74, 6) is 0.262. The van der Waals surface area contributed by atoms with Crippen molar-refractivity contribution in [3.8, 4) is 0 Å². The van der Waals surface area contributed by atoms with E-state index in [2.05, 4.69) is 51.8 Å². The lowest BCUT2D eigenvalue weighted by Crippen LogP contribution is -2.30. The van der Waals surface area contributed by atoms with Crippen LogP contribution in [0.4, 0.5) is 5.95 Å². The molecule has 0 aliphatic heterocycles. The third kappa shape index (κ3) is 4.56. The van der Waals surface area contributed by atoms with Gasteiger partial charge in [0.1, 0.15) is 5.69 Å². The van der Waals surface area contributed by atoms with Crippen molar-refractivity contribution < 1.29 is 4.79 Å². The van der Waals surface area contributed by atoms with E-state index in [1.807, 2.05) is 13.8 Å². The number of aromatic nitrogens is 2. The second-order valence-corrected chi connectivity index (χ2v) is 5.23. The number of nitrogens with zero attached hydrogens (tertiary/aromatic N) is 2. The summed E-state index contributed by atoms with van der Waals surface area (Å²) in [5, 5.41) is 5.94. The summed E-state index contributed by atoms with van der Waals surface area (Å²) in [6, 6.07) is 9.91. The van der Waals surface area contributed by atoms with Crippen LogP contribution in [0.5, 0.6) is 0 Å². The minimum absolute atomic E-state index is 0.0800. The average Bonchev–Trinajstić information content (AvgIpc) is 2.46. The van der Waals surface area contributed by atoms with Crippen molar-refractivity contribution in [2.75, 3.05) is 5.32 Å². The number of aryl methyl sites for hydroxylation is 1. The second-order valence-electron chi connectivity index (χ2n) is 5.23. The minimum atomic E-state index is -0.189. The number of benzene rings is 1. The van der Waals surface area contributed by atoms with Crippen LogP contribution in [-0.4, -0.2) is 21.9 Å². The fourth-order valence-corrected chi connectivity index (χ4v) is 1.79. The Morgan fingerprint density at radius 1 is 1.19 bits per heavy atom. The van der Waals surface area contributed by atoms with Gasteiger partial charge in [0.2, 0.25) is 5.95 Å². The minimum Gasteiger partial charge on any atom is -0.350 e. The van der Waals surface area contributed by atoms with E-state index in [0.717, 1.165) is 5.56 Å². The molecule has 1 amide bonds. The van der Waals surface area contributed by atoms with Crippen LogP contribution in [0.15, 0.2) is 36.5 Å². The molecule has 0 unspecified atom stereocenters. The molecule has 0 spiro atoms. The first-order valence-corrected chi connectivity index (χ1v) is 6.98. The largest absolute Gasteiger partial charge is 0.350 e. The van der Waals surface area contributed by atoms with Crippen LogP contribution in [0.3, 0.4) is 0 Å². The number of carbonyl (C=O) groups is 1. The molecular formula is C16H20N4O. The van der Waals surface area contributed by atoms with Gasteiger partial charge in [-0.1, -0.05) is 29.8 Å². The summed E-state index contributed by atoms with van der Waals surface area (Å²) in [4.78, 5) is 20.2. The van der Waals surface area contributed by atoms with Crippen LogP contribution in [0, 0.1) is 6.92 Å². The molecule has 1 heterocycles. The van der Waals surface area contributed by atoms with E-state index in [1.165, 1.54) is 5.56 Å². The maximum Gasteiger partial charge on any atom is 0.270 e. The number of anilines is 1. The molecule has 0 radical (unpaired) electrons. The summed E-state index contributed by atoms with van der Waals surface area (Å²) in [6.45, 7) is 6.50. The van der Waals surface area contributed by atoms with Gasteiger partial charge in [0.05, 0.1) is 0 Å². The molecular weight excluding hydrogens is 264 g/mol. The Balaban J connectivity index is 2.00. The average molecular weight is 284 g/mol. The topological polar surface area (TPSA) is 66.9 Å². The Morgan fingerprint density at radius 3 is 2.57 bits per heavy atom. The molecule has 0 saturated carbocycles. The third-order valence-electron chi connectivity index (χ3n) is 2.88. The first-order chi connectivity index (χ1) is 10.0. The molecule has 5 heteroatoms. The fourth-order valence-electron chi connectivity index (χ4n) is 1.79. The number of carbonyl (C=O) groups excluding carboxylic acids is 1. The van der Waals surface area contributed by atoms with Gasteiger partial charge in [0, 0.05) is 18.8 Å². The SMILES string of the molecule is Cc1ccc(CNc2nccc(C(=O)NC(C)C)n2)cc1. The summed E-state index contributed by atoms with van der Waals surface area (Å²) >= 11 is 0. The normalized spacial score (nSPS) is 10.5. The second kappa shape index (κ2) is 6.83. The summed E-state index contributed by atoms with van der Waals surface area (Å²) in [7, 11) is 0. The van der Waals surface area contributed by atoms with Crippen molar-refractivity contribution >= 4 is 11.9 Å². The molecule has 5 nitrogen and oxygen atoms in total. The zero-order chi connectivity index (χ0) is 15.2. The zero-order valence-corrected chi connectivity index (χ0v) is 12.6. The van der Waals surface area contributed by atoms with Crippen molar-refractivity contribution in [3.63, 3.8) is 0 Å². The van der Waals surface area contributed by atoms with Gasteiger partial charge in [-0.05, 0) is 32.4 Å². The lowest BCUT2D eigenvalue weighted by atomic mass is 10.1. The highest BCUT2D eigenvalue weighted by molar-refractivity contribution is 5.92. The van der Waals surface area contributed by atoms with Gasteiger partial charge in [0.25, 0.3) is 5.91 Å². The molecule has 0 atom stereocenters. The van der Waals surface area contributed by atoms with Crippen LogP contribution >= 0.6 is 0 Å².